The van der Waals surface area contributed by atoms with Crippen molar-refractivity contribution in [3.05, 3.63) is 104 Å². The van der Waals surface area contributed by atoms with Crippen molar-refractivity contribution in [2.24, 2.45) is 0 Å². The molecule has 2 saturated heterocycles. The Bertz CT molecular complexity index is 2770. The summed E-state index contributed by atoms with van der Waals surface area (Å²) < 4.78 is 67.7. The second-order valence-electron chi connectivity index (χ2n) is 17.3. The van der Waals surface area contributed by atoms with Crippen LogP contribution in [0.2, 0.25) is 20.1 Å². The minimum atomic E-state index is -3.99. The fourth-order valence-corrected chi connectivity index (χ4v) is 11.1. The van der Waals surface area contributed by atoms with Gasteiger partial charge in [0.25, 0.3) is 0 Å². The number of amides is 2. The van der Waals surface area contributed by atoms with E-state index in [0.717, 1.165) is 0 Å². The minimum Gasteiger partial charge on any atom is -0.444 e. The second kappa shape index (κ2) is 21.5. The van der Waals surface area contributed by atoms with Crippen LogP contribution in [-0.4, -0.2) is 118 Å². The molecule has 4 aromatic carbocycles. The number of nitrogens with zero attached hydrogens (tertiary/aromatic N) is 7. The number of anilines is 4. The van der Waals surface area contributed by atoms with Gasteiger partial charge in [0.15, 0.2) is 0 Å². The van der Waals surface area contributed by atoms with E-state index in [1.807, 2.05) is 12.1 Å². The topological polar surface area (TPSA) is 197 Å². The van der Waals surface area contributed by atoms with Crippen LogP contribution in [0, 0.1) is 22.7 Å². The monoisotopic (exact) mass is 1030 g/mol. The first-order valence-corrected chi connectivity index (χ1v) is 25.1. The number of carbonyl (C=O) groups excluding carboxylic acids is 2. The molecule has 22 heteroatoms. The van der Waals surface area contributed by atoms with Crippen LogP contribution in [0.4, 0.5) is 32.3 Å². The van der Waals surface area contributed by atoms with Crippen molar-refractivity contribution in [1.29, 1.82) is 10.5 Å². The fraction of sp³-hybridized carbons (Fsp3) is 0.378. The van der Waals surface area contributed by atoms with Crippen LogP contribution >= 0.6 is 46.4 Å². The van der Waals surface area contributed by atoms with Crippen LogP contribution in [0.1, 0.15) is 52.7 Å². The van der Waals surface area contributed by atoms with Crippen LogP contribution in [-0.2, 0) is 29.5 Å². The van der Waals surface area contributed by atoms with E-state index in [-0.39, 0.29) is 79.0 Å². The summed E-state index contributed by atoms with van der Waals surface area (Å²) in [6.07, 6.45) is -0.958. The zero-order valence-electron chi connectivity index (χ0n) is 37.8. The summed E-state index contributed by atoms with van der Waals surface area (Å²) in [6.45, 7) is 11.8. The molecule has 358 valence electrons. The number of nitrogens with one attached hydrogen (secondary N) is 1. The maximum Gasteiger partial charge on any atom is 0.410 e. The second-order valence-corrected chi connectivity index (χ2v) is 22.9. The van der Waals surface area contributed by atoms with Crippen molar-refractivity contribution in [3.63, 3.8) is 0 Å². The number of hydrogen-bond acceptors (Lipinski definition) is 12. The molecule has 2 fully saturated rings. The fourth-order valence-electron chi connectivity index (χ4n) is 6.78. The van der Waals surface area contributed by atoms with Crippen LogP contribution in [0.15, 0.2) is 82.6 Å². The molecule has 2 amide bonds. The normalized spacial score (nSPS) is 15.1. The smallest absolute Gasteiger partial charge is 0.410 e. The first-order chi connectivity index (χ1) is 31.2. The molecule has 0 saturated carbocycles. The van der Waals surface area contributed by atoms with E-state index in [9.17, 15) is 36.9 Å². The molecule has 6 rings (SSSR count). The highest BCUT2D eigenvalue weighted by Crippen LogP contribution is 2.36. The highest BCUT2D eigenvalue weighted by molar-refractivity contribution is 7.89. The number of rotatable bonds is 8. The Kier molecular flexibility index (Phi) is 17.0. The standard InChI is InChI=1S/C23H26Cl2N4O4S.C22H24Cl2N4O4S/c1-23(2,3)33-22(30)28-7-9-29(10-8-28)34(31,32)21-11-16(15-26)5-6-20(21)27(4)19-13-17(24)12-18(25)14-19;1-22(2,3)32-21(29)27-6-8-28(9-7-27)33(30,31)20-10-15(14-25)4-5-19(20)26-18-12-16(23)11-17(24)13-18/h5-6,11-14H,7-10H2,1-4H3;4-5,10-13,26H,6-9H2,1-3H3. The lowest BCUT2D eigenvalue weighted by Crippen LogP contribution is -2.51. The van der Waals surface area contributed by atoms with Crippen molar-refractivity contribution < 1.29 is 35.9 Å². The SMILES string of the molecule is CC(C)(C)OC(=O)N1CCN(S(=O)(=O)c2cc(C#N)ccc2Nc2cc(Cl)cc(Cl)c2)CC1.CN(c1cc(Cl)cc(Cl)c1)c1ccc(C#N)cc1S(=O)(=O)N1CCN(C(=O)OC(C)(C)C)CC1. The Morgan fingerprint density at radius 1 is 0.597 bits per heavy atom. The summed E-state index contributed by atoms with van der Waals surface area (Å²) in [4.78, 5) is 29.2. The van der Waals surface area contributed by atoms with E-state index in [4.69, 9.17) is 55.9 Å². The third-order valence-electron chi connectivity index (χ3n) is 9.95. The largest absolute Gasteiger partial charge is 0.444 e. The number of benzene rings is 4. The quantitative estimate of drug-likeness (QED) is 0.176. The summed E-state index contributed by atoms with van der Waals surface area (Å²) in [5.41, 5.74) is 0.885. The number of piperazine rings is 2. The van der Waals surface area contributed by atoms with Crippen molar-refractivity contribution in [2.75, 3.05) is 69.6 Å². The van der Waals surface area contributed by atoms with Crippen LogP contribution in [0.3, 0.4) is 0 Å². The summed E-state index contributed by atoms with van der Waals surface area (Å²) in [7, 11) is -6.26. The lowest BCUT2D eigenvalue weighted by atomic mass is 10.2. The molecule has 2 aliphatic heterocycles. The van der Waals surface area contributed by atoms with Crippen LogP contribution < -0.4 is 10.2 Å². The van der Waals surface area contributed by atoms with Gasteiger partial charge in [-0.05, 0) is 114 Å². The van der Waals surface area contributed by atoms with Crippen molar-refractivity contribution in [1.82, 2.24) is 18.4 Å². The maximum absolute atomic E-state index is 13.7. The molecule has 0 bridgehead atoms. The van der Waals surface area contributed by atoms with Gasteiger partial charge in [0, 0.05) is 90.9 Å². The van der Waals surface area contributed by atoms with E-state index < -0.39 is 43.4 Å². The molecule has 0 unspecified atom stereocenters. The first-order valence-electron chi connectivity index (χ1n) is 20.7. The summed E-state index contributed by atoms with van der Waals surface area (Å²) in [5, 5.41) is 23.3. The van der Waals surface area contributed by atoms with Gasteiger partial charge in [0.05, 0.1) is 34.6 Å². The van der Waals surface area contributed by atoms with Gasteiger partial charge in [-0.25, -0.2) is 26.4 Å². The zero-order valence-corrected chi connectivity index (χ0v) is 42.5. The molecule has 0 aliphatic carbocycles. The lowest BCUT2D eigenvalue weighted by Gasteiger charge is -2.35. The third-order valence-corrected chi connectivity index (χ3v) is 14.7. The number of halogens is 4. The van der Waals surface area contributed by atoms with Crippen LogP contribution in [0.25, 0.3) is 0 Å². The Morgan fingerprint density at radius 2 is 0.985 bits per heavy atom. The number of carbonyl (C=O) groups is 2. The molecule has 2 aliphatic rings. The first kappa shape index (κ1) is 52.9. The Labute approximate surface area is 412 Å². The minimum absolute atomic E-state index is 0.0177. The molecule has 4 aromatic rings. The average molecular weight is 1040 g/mol. The zero-order chi connectivity index (χ0) is 49.6. The highest BCUT2D eigenvalue weighted by atomic mass is 35.5. The molecule has 0 radical (unpaired) electrons. The number of sulfonamides is 2. The van der Waals surface area contributed by atoms with E-state index in [2.05, 4.69) is 5.32 Å². The van der Waals surface area contributed by atoms with Crippen molar-refractivity contribution in [3.8, 4) is 12.1 Å². The average Bonchev–Trinajstić information content (AvgIpc) is 3.24. The maximum atomic E-state index is 13.7. The molecule has 1 N–H and O–H groups in total. The molecule has 67 heavy (non-hydrogen) atoms. The molecule has 0 atom stereocenters. The molecular formula is C45H50Cl4N8O8S2. The summed E-state index contributed by atoms with van der Waals surface area (Å²) in [5.74, 6) is 0. The molecule has 0 aromatic heterocycles. The van der Waals surface area contributed by atoms with Gasteiger partial charge in [-0.1, -0.05) is 46.4 Å². The van der Waals surface area contributed by atoms with E-state index in [1.165, 1.54) is 42.7 Å². The van der Waals surface area contributed by atoms with E-state index in [1.54, 1.807) is 102 Å². The molecule has 2 heterocycles. The van der Waals surface area contributed by atoms with Gasteiger partial charge < -0.3 is 29.5 Å². The van der Waals surface area contributed by atoms with Crippen molar-refractivity contribution in [2.45, 2.75) is 62.5 Å². The molecule has 0 spiro atoms. The third kappa shape index (κ3) is 14.0. The van der Waals surface area contributed by atoms with Gasteiger partial charge in [-0.3, -0.25) is 0 Å². The predicted octanol–water partition coefficient (Wildman–Crippen LogP) is 9.72. The highest BCUT2D eigenvalue weighted by Gasteiger charge is 2.36. The summed E-state index contributed by atoms with van der Waals surface area (Å²) >= 11 is 24.4. The van der Waals surface area contributed by atoms with E-state index >= 15 is 0 Å². The lowest BCUT2D eigenvalue weighted by molar-refractivity contribution is 0.0183. The number of ether oxygens (including phenoxy) is 2. The van der Waals surface area contributed by atoms with Gasteiger partial charge in [0.1, 0.15) is 21.0 Å². The molecular weight excluding hydrogens is 986 g/mol. The van der Waals surface area contributed by atoms with Gasteiger partial charge in [-0.15, -0.1) is 0 Å². The predicted molar refractivity (Wildman–Crippen MR) is 260 cm³/mol. The number of nitriles is 2. The Hall–Kier alpha value is -5.02. The van der Waals surface area contributed by atoms with Gasteiger partial charge >= 0.3 is 12.2 Å². The number of hydrogen-bond donors (Lipinski definition) is 1. The Morgan fingerprint density at radius 3 is 1.40 bits per heavy atom. The van der Waals surface area contributed by atoms with E-state index in [0.29, 0.717) is 37.2 Å². The molecule has 16 nitrogen and oxygen atoms in total. The van der Waals surface area contributed by atoms with Crippen molar-refractivity contribution >= 4 is 101 Å². The van der Waals surface area contributed by atoms with Gasteiger partial charge in [-0.2, -0.15) is 19.1 Å². The Balaban J connectivity index is 0.000000251. The van der Waals surface area contributed by atoms with Crippen LogP contribution in [0.5, 0.6) is 0 Å². The summed E-state index contributed by atoms with van der Waals surface area (Å²) in [6, 6.07) is 22.5. The van der Waals surface area contributed by atoms with Gasteiger partial charge in [0.2, 0.25) is 20.0 Å².